The van der Waals surface area contributed by atoms with Crippen LogP contribution in [0.4, 0.5) is 14.5 Å². The Labute approximate surface area is 175 Å². The molecule has 0 atom stereocenters. The third-order valence-corrected chi connectivity index (χ3v) is 7.13. The summed E-state index contributed by atoms with van der Waals surface area (Å²) >= 11 is 0. The maximum absolute atomic E-state index is 13.4. The van der Waals surface area contributed by atoms with Crippen LogP contribution in [0.5, 0.6) is 0 Å². The molecule has 2 aromatic carbocycles. The number of piperazine rings is 1. The van der Waals surface area contributed by atoms with Gasteiger partial charge in [-0.1, -0.05) is 25.1 Å². The maximum Gasteiger partial charge on any atom is 0.243 e. The van der Waals surface area contributed by atoms with Gasteiger partial charge in [0.25, 0.3) is 0 Å². The van der Waals surface area contributed by atoms with Crippen LogP contribution in [-0.4, -0.2) is 56.3 Å². The van der Waals surface area contributed by atoms with Crippen LogP contribution in [0.2, 0.25) is 0 Å². The number of nitrogens with one attached hydrogen (secondary N) is 1. The van der Waals surface area contributed by atoms with E-state index in [2.05, 4.69) is 5.32 Å². The minimum atomic E-state index is -3.92. The molecule has 0 radical (unpaired) electrons. The van der Waals surface area contributed by atoms with Gasteiger partial charge in [-0.2, -0.15) is 4.31 Å². The summed E-state index contributed by atoms with van der Waals surface area (Å²) in [5.41, 5.74) is 2.88. The molecule has 0 aromatic heterocycles. The van der Waals surface area contributed by atoms with Crippen molar-refractivity contribution in [1.82, 2.24) is 9.21 Å². The molecule has 1 saturated heterocycles. The first-order valence-electron chi connectivity index (χ1n) is 9.78. The van der Waals surface area contributed by atoms with E-state index >= 15 is 0 Å². The molecular weight excluding hydrogens is 412 g/mol. The van der Waals surface area contributed by atoms with E-state index in [0.717, 1.165) is 35.4 Å². The fourth-order valence-electron chi connectivity index (χ4n) is 3.50. The van der Waals surface area contributed by atoms with Gasteiger partial charge in [-0.3, -0.25) is 9.69 Å². The topological polar surface area (TPSA) is 69.7 Å². The summed E-state index contributed by atoms with van der Waals surface area (Å²) in [6.07, 6.45) is 0.803. The molecule has 1 N–H and O–H groups in total. The highest BCUT2D eigenvalue weighted by Crippen LogP contribution is 2.22. The summed E-state index contributed by atoms with van der Waals surface area (Å²) < 4.78 is 53.1. The highest BCUT2D eigenvalue weighted by atomic mass is 32.2. The number of carbonyl (C=O) groups excluding carboxylic acids is 1. The zero-order valence-electron chi connectivity index (χ0n) is 17.0. The zero-order chi connectivity index (χ0) is 21.9. The number of nitrogens with zero attached hydrogens (tertiary/aromatic N) is 2. The molecule has 1 amide bonds. The van der Waals surface area contributed by atoms with Crippen molar-refractivity contribution in [1.29, 1.82) is 0 Å². The van der Waals surface area contributed by atoms with E-state index in [1.165, 1.54) is 4.31 Å². The quantitative estimate of drug-likeness (QED) is 0.755. The van der Waals surface area contributed by atoms with Gasteiger partial charge in [-0.15, -0.1) is 0 Å². The Morgan fingerprint density at radius 2 is 1.77 bits per heavy atom. The van der Waals surface area contributed by atoms with Crippen molar-refractivity contribution in [3.05, 3.63) is 59.2 Å². The van der Waals surface area contributed by atoms with Crippen LogP contribution >= 0.6 is 0 Å². The second-order valence-corrected chi connectivity index (χ2v) is 9.20. The smallest absolute Gasteiger partial charge is 0.243 e. The number of halogens is 2. The Kier molecular flexibility index (Phi) is 6.84. The van der Waals surface area contributed by atoms with Crippen LogP contribution in [0.1, 0.15) is 18.1 Å². The minimum absolute atomic E-state index is 0.149. The molecule has 0 saturated carbocycles. The summed E-state index contributed by atoms with van der Waals surface area (Å²) in [5.74, 6) is -2.45. The van der Waals surface area contributed by atoms with Gasteiger partial charge in [0.2, 0.25) is 15.9 Å². The molecule has 2 aromatic rings. The number of hydrogen-bond donors (Lipinski definition) is 1. The van der Waals surface area contributed by atoms with Crippen molar-refractivity contribution < 1.29 is 22.0 Å². The summed E-state index contributed by atoms with van der Waals surface area (Å²) in [6, 6.07) is 8.43. The molecule has 0 spiro atoms. The molecule has 0 unspecified atom stereocenters. The highest BCUT2D eigenvalue weighted by Gasteiger charge is 2.29. The van der Waals surface area contributed by atoms with Gasteiger partial charge < -0.3 is 5.32 Å². The predicted molar refractivity (Wildman–Crippen MR) is 111 cm³/mol. The SMILES string of the molecule is CCc1cccc(C)c1NC(=O)CN1CCN(S(=O)(=O)c2ccc(F)c(F)c2)CC1. The van der Waals surface area contributed by atoms with Gasteiger partial charge >= 0.3 is 0 Å². The van der Waals surface area contributed by atoms with Crippen LogP contribution in [-0.2, 0) is 21.2 Å². The van der Waals surface area contributed by atoms with E-state index in [1.807, 2.05) is 36.9 Å². The van der Waals surface area contributed by atoms with Crippen LogP contribution in [0.25, 0.3) is 0 Å². The zero-order valence-corrected chi connectivity index (χ0v) is 17.8. The Morgan fingerprint density at radius 1 is 1.07 bits per heavy atom. The number of aryl methyl sites for hydroxylation is 2. The van der Waals surface area contributed by atoms with Crippen LogP contribution in [0.3, 0.4) is 0 Å². The van der Waals surface area contributed by atoms with Crippen molar-refractivity contribution in [2.75, 3.05) is 38.0 Å². The molecule has 3 rings (SSSR count). The van der Waals surface area contributed by atoms with E-state index in [9.17, 15) is 22.0 Å². The summed E-state index contributed by atoms with van der Waals surface area (Å²) in [7, 11) is -3.92. The van der Waals surface area contributed by atoms with E-state index in [-0.39, 0.29) is 30.4 Å². The fraction of sp³-hybridized carbons (Fsp3) is 0.381. The molecule has 1 heterocycles. The number of anilines is 1. The highest BCUT2D eigenvalue weighted by molar-refractivity contribution is 7.89. The largest absolute Gasteiger partial charge is 0.324 e. The number of para-hydroxylation sites is 1. The number of benzene rings is 2. The van der Waals surface area contributed by atoms with E-state index < -0.39 is 21.7 Å². The van der Waals surface area contributed by atoms with Crippen molar-refractivity contribution >= 4 is 21.6 Å². The molecule has 0 aliphatic carbocycles. The Hall–Kier alpha value is -2.36. The summed E-state index contributed by atoms with van der Waals surface area (Å²) in [5, 5.41) is 2.97. The van der Waals surface area contributed by atoms with Crippen LogP contribution in [0, 0.1) is 18.6 Å². The average Bonchev–Trinajstić information content (AvgIpc) is 2.71. The number of rotatable bonds is 6. The second kappa shape index (κ2) is 9.20. The minimum Gasteiger partial charge on any atom is -0.324 e. The normalized spacial score (nSPS) is 15.9. The van der Waals surface area contributed by atoms with Gasteiger partial charge in [-0.05, 0) is 42.7 Å². The molecule has 0 bridgehead atoms. The van der Waals surface area contributed by atoms with Crippen molar-refractivity contribution in [3.63, 3.8) is 0 Å². The monoisotopic (exact) mass is 437 g/mol. The Balaban J connectivity index is 1.59. The van der Waals surface area contributed by atoms with Gasteiger partial charge in [-0.25, -0.2) is 17.2 Å². The molecule has 6 nitrogen and oxygen atoms in total. The third-order valence-electron chi connectivity index (χ3n) is 5.23. The third kappa shape index (κ3) is 4.85. The molecule has 1 aliphatic heterocycles. The first-order chi connectivity index (χ1) is 14.2. The lowest BCUT2D eigenvalue weighted by Gasteiger charge is -2.33. The second-order valence-electron chi connectivity index (χ2n) is 7.27. The van der Waals surface area contributed by atoms with Gasteiger partial charge in [0.05, 0.1) is 11.4 Å². The van der Waals surface area contributed by atoms with Crippen molar-refractivity contribution in [2.24, 2.45) is 0 Å². The van der Waals surface area contributed by atoms with Gasteiger partial charge in [0.15, 0.2) is 11.6 Å². The van der Waals surface area contributed by atoms with Gasteiger partial charge in [0.1, 0.15) is 0 Å². The van der Waals surface area contributed by atoms with E-state index in [0.29, 0.717) is 19.2 Å². The number of hydrogen-bond acceptors (Lipinski definition) is 4. The van der Waals surface area contributed by atoms with E-state index in [4.69, 9.17) is 0 Å². The lowest BCUT2D eigenvalue weighted by Crippen LogP contribution is -2.50. The van der Waals surface area contributed by atoms with Crippen LogP contribution in [0.15, 0.2) is 41.3 Å². The number of sulfonamides is 1. The standard InChI is InChI=1S/C21H25F2N3O3S/c1-3-16-6-4-5-15(2)21(16)24-20(27)14-25-9-11-26(12-10-25)30(28,29)17-7-8-18(22)19(23)13-17/h4-8,13H,3,9-12,14H2,1-2H3,(H,24,27). The van der Waals surface area contributed by atoms with Gasteiger partial charge in [0, 0.05) is 31.9 Å². The molecular formula is C21H25F2N3O3S. The number of carbonyl (C=O) groups is 1. The molecule has 1 fully saturated rings. The molecule has 162 valence electrons. The fourth-order valence-corrected chi connectivity index (χ4v) is 4.93. The van der Waals surface area contributed by atoms with E-state index in [1.54, 1.807) is 0 Å². The first kappa shape index (κ1) is 22.3. The number of amides is 1. The molecule has 30 heavy (non-hydrogen) atoms. The van der Waals surface area contributed by atoms with Crippen molar-refractivity contribution in [3.8, 4) is 0 Å². The molecule has 9 heteroatoms. The Bertz CT molecular complexity index is 1040. The average molecular weight is 438 g/mol. The summed E-state index contributed by atoms with van der Waals surface area (Å²) in [6.45, 7) is 5.18. The Morgan fingerprint density at radius 3 is 2.40 bits per heavy atom. The lowest BCUT2D eigenvalue weighted by molar-refractivity contribution is -0.117. The predicted octanol–water partition coefficient (Wildman–Crippen LogP) is 2.78. The van der Waals surface area contributed by atoms with Crippen molar-refractivity contribution in [2.45, 2.75) is 25.2 Å². The lowest BCUT2D eigenvalue weighted by atomic mass is 10.1. The molecule has 1 aliphatic rings. The maximum atomic E-state index is 13.4. The first-order valence-corrected chi connectivity index (χ1v) is 11.2. The summed E-state index contributed by atoms with van der Waals surface area (Å²) in [4.78, 5) is 14.1. The van der Waals surface area contributed by atoms with Crippen LogP contribution < -0.4 is 5.32 Å².